The molecule has 3 heteroatoms. The SMILES string of the molecule is COc1ccccc1COc1ccccc1C#CCCCl. The second-order valence-electron chi connectivity index (χ2n) is 4.34. The van der Waals surface area contributed by atoms with Crippen molar-refractivity contribution in [2.24, 2.45) is 0 Å². The Morgan fingerprint density at radius 1 is 1.00 bits per heavy atom. The number of rotatable bonds is 5. The summed E-state index contributed by atoms with van der Waals surface area (Å²) in [7, 11) is 1.66. The summed E-state index contributed by atoms with van der Waals surface area (Å²) < 4.78 is 11.2. The maximum Gasteiger partial charge on any atom is 0.135 e. The van der Waals surface area contributed by atoms with Gasteiger partial charge in [0.2, 0.25) is 0 Å². The van der Waals surface area contributed by atoms with Crippen molar-refractivity contribution < 1.29 is 9.47 Å². The Kier molecular flexibility index (Phi) is 5.99. The number of hydrogen-bond acceptors (Lipinski definition) is 2. The summed E-state index contributed by atoms with van der Waals surface area (Å²) in [5.74, 6) is 8.24. The van der Waals surface area contributed by atoms with Crippen LogP contribution in [0, 0.1) is 11.8 Å². The Hall–Kier alpha value is -2.11. The van der Waals surface area contributed by atoms with E-state index >= 15 is 0 Å². The third-order valence-electron chi connectivity index (χ3n) is 2.91. The molecule has 0 saturated heterocycles. The van der Waals surface area contributed by atoms with Crippen LogP contribution in [-0.2, 0) is 6.61 Å². The fourth-order valence-corrected chi connectivity index (χ4v) is 1.97. The largest absolute Gasteiger partial charge is 0.496 e. The zero-order valence-electron chi connectivity index (χ0n) is 11.9. The lowest BCUT2D eigenvalue weighted by molar-refractivity contribution is 0.296. The minimum atomic E-state index is 0.443. The molecule has 2 aromatic carbocycles. The van der Waals surface area contributed by atoms with Crippen LogP contribution in [0.25, 0.3) is 0 Å². The van der Waals surface area contributed by atoms with Crippen LogP contribution in [0.5, 0.6) is 11.5 Å². The van der Waals surface area contributed by atoms with Gasteiger partial charge in [-0.25, -0.2) is 0 Å². The highest BCUT2D eigenvalue weighted by atomic mass is 35.5. The highest BCUT2D eigenvalue weighted by molar-refractivity contribution is 6.18. The molecule has 0 spiro atoms. The number of alkyl halides is 1. The van der Waals surface area contributed by atoms with Gasteiger partial charge in [-0.1, -0.05) is 42.2 Å². The second-order valence-corrected chi connectivity index (χ2v) is 4.72. The fourth-order valence-electron chi connectivity index (χ4n) is 1.88. The molecule has 0 saturated carbocycles. The monoisotopic (exact) mass is 300 g/mol. The van der Waals surface area contributed by atoms with Crippen LogP contribution < -0.4 is 9.47 Å². The Morgan fingerprint density at radius 2 is 1.71 bits per heavy atom. The van der Waals surface area contributed by atoms with E-state index in [9.17, 15) is 0 Å². The molecular formula is C18H17ClO2. The summed E-state index contributed by atoms with van der Waals surface area (Å²) >= 11 is 5.63. The van der Waals surface area contributed by atoms with Crippen LogP contribution in [0.3, 0.4) is 0 Å². The summed E-state index contributed by atoms with van der Waals surface area (Å²) in [6.45, 7) is 0.443. The van der Waals surface area contributed by atoms with Crippen LogP contribution >= 0.6 is 11.6 Å². The minimum absolute atomic E-state index is 0.443. The fraction of sp³-hybridized carbons (Fsp3) is 0.222. The molecule has 0 bridgehead atoms. The average molecular weight is 301 g/mol. The lowest BCUT2D eigenvalue weighted by Crippen LogP contribution is -1.99. The molecule has 0 amide bonds. The predicted octanol–water partition coefficient (Wildman–Crippen LogP) is 4.25. The van der Waals surface area contributed by atoms with Gasteiger partial charge in [-0.3, -0.25) is 0 Å². The molecule has 0 aliphatic carbocycles. The topological polar surface area (TPSA) is 18.5 Å². The van der Waals surface area contributed by atoms with Gasteiger partial charge in [-0.2, -0.15) is 0 Å². The van der Waals surface area contributed by atoms with E-state index in [1.165, 1.54) is 0 Å². The van der Waals surface area contributed by atoms with Gasteiger partial charge in [-0.05, 0) is 18.2 Å². The number of halogens is 1. The second kappa shape index (κ2) is 8.24. The Balaban J connectivity index is 2.12. The van der Waals surface area contributed by atoms with Gasteiger partial charge in [0.1, 0.15) is 18.1 Å². The van der Waals surface area contributed by atoms with Crippen LogP contribution in [0.2, 0.25) is 0 Å². The van der Waals surface area contributed by atoms with Crippen molar-refractivity contribution in [3.8, 4) is 23.3 Å². The third kappa shape index (κ3) is 4.44. The van der Waals surface area contributed by atoms with E-state index in [1.54, 1.807) is 7.11 Å². The predicted molar refractivity (Wildman–Crippen MR) is 86.0 cm³/mol. The molecule has 0 radical (unpaired) electrons. The van der Waals surface area contributed by atoms with Crippen molar-refractivity contribution in [2.75, 3.05) is 13.0 Å². The number of benzene rings is 2. The van der Waals surface area contributed by atoms with Gasteiger partial charge in [-0.15, -0.1) is 11.6 Å². The van der Waals surface area contributed by atoms with E-state index in [2.05, 4.69) is 11.8 Å². The van der Waals surface area contributed by atoms with Gasteiger partial charge in [0.15, 0.2) is 0 Å². The van der Waals surface area contributed by atoms with Crippen molar-refractivity contribution in [3.63, 3.8) is 0 Å². The molecule has 0 fully saturated rings. The van der Waals surface area contributed by atoms with E-state index < -0.39 is 0 Å². The van der Waals surface area contributed by atoms with Crippen molar-refractivity contribution in [1.82, 2.24) is 0 Å². The van der Waals surface area contributed by atoms with E-state index in [-0.39, 0.29) is 0 Å². The van der Waals surface area contributed by atoms with Crippen LogP contribution in [0.1, 0.15) is 17.5 Å². The van der Waals surface area contributed by atoms with Gasteiger partial charge in [0, 0.05) is 17.9 Å². The van der Waals surface area contributed by atoms with Gasteiger partial charge < -0.3 is 9.47 Å². The molecule has 0 unspecified atom stereocenters. The molecule has 0 N–H and O–H groups in total. The lowest BCUT2D eigenvalue weighted by Gasteiger charge is -2.11. The van der Waals surface area contributed by atoms with Crippen LogP contribution in [-0.4, -0.2) is 13.0 Å². The first-order valence-electron chi connectivity index (χ1n) is 6.73. The molecule has 2 aromatic rings. The molecule has 2 rings (SSSR count). The summed E-state index contributed by atoms with van der Waals surface area (Å²) in [6, 6.07) is 15.6. The molecule has 0 aliphatic heterocycles. The quantitative estimate of drug-likeness (QED) is 0.607. The van der Waals surface area contributed by atoms with Crippen molar-refractivity contribution >= 4 is 11.6 Å². The number of hydrogen-bond donors (Lipinski definition) is 0. The number of methoxy groups -OCH3 is 1. The van der Waals surface area contributed by atoms with Crippen molar-refractivity contribution in [2.45, 2.75) is 13.0 Å². The number of para-hydroxylation sites is 2. The first-order chi connectivity index (χ1) is 10.3. The standard InChI is InChI=1S/C18H17ClO2/c1-20-17-11-4-3-10-16(17)14-21-18-12-5-2-8-15(18)9-6-7-13-19/h2-5,8,10-12H,7,13-14H2,1H3. The van der Waals surface area contributed by atoms with Gasteiger partial charge in [0.25, 0.3) is 0 Å². The molecule has 0 heterocycles. The first-order valence-corrected chi connectivity index (χ1v) is 7.27. The Morgan fingerprint density at radius 3 is 2.48 bits per heavy atom. The van der Waals surface area contributed by atoms with Crippen molar-refractivity contribution in [1.29, 1.82) is 0 Å². The van der Waals surface area contributed by atoms with Crippen LogP contribution in [0.4, 0.5) is 0 Å². The average Bonchev–Trinajstić information content (AvgIpc) is 2.54. The molecule has 2 nitrogen and oxygen atoms in total. The molecule has 21 heavy (non-hydrogen) atoms. The third-order valence-corrected chi connectivity index (χ3v) is 3.09. The van der Waals surface area contributed by atoms with Gasteiger partial charge in [0.05, 0.1) is 12.7 Å². The van der Waals surface area contributed by atoms with E-state index in [0.29, 0.717) is 18.9 Å². The van der Waals surface area contributed by atoms with E-state index in [1.807, 2.05) is 48.5 Å². The maximum absolute atomic E-state index is 5.88. The molecule has 108 valence electrons. The molecule has 0 aliphatic rings. The molecular weight excluding hydrogens is 284 g/mol. The highest BCUT2D eigenvalue weighted by Crippen LogP contribution is 2.22. The van der Waals surface area contributed by atoms with Gasteiger partial charge >= 0.3 is 0 Å². The normalized spacial score (nSPS) is 9.62. The molecule has 0 atom stereocenters. The maximum atomic E-state index is 5.88. The first kappa shape index (κ1) is 15.3. The van der Waals surface area contributed by atoms with Crippen molar-refractivity contribution in [3.05, 3.63) is 59.7 Å². The zero-order chi connectivity index (χ0) is 14.9. The summed E-state index contributed by atoms with van der Waals surface area (Å²) in [4.78, 5) is 0. The molecule has 0 aromatic heterocycles. The number of ether oxygens (including phenoxy) is 2. The van der Waals surface area contributed by atoms with E-state index in [0.717, 1.165) is 22.6 Å². The minimum Gasteiger partial charge on any atom is -0.496 e. The smallest absolute Gasteiger partial charge is 0.135 e. The van der Waals surface area contributed by atoms with E-state index in [4.69, 9.17) is 21.1 Å². The summed E-state index contributed by atoms with van der Waals surface area (Å²) in [6.07, 6.45) is 0.669. The summed E-state index contributed by atoms with van der Waals surface area (Å²) in [5, 5.41) is 0. The highest BCUT2D eigenvalue weighted by Gasteiger charge is 2.04. The van der Waals surface area contributed by atoms with Crippen LogP contribution in [0.15, 0.2) is 48.5 Å². The Bertz CT molecular complexity index is 641. The lowest BCUT2D eigenvalue weighted by atomic mass is 10.2. The Labute approximate surface area is 130 Å². The summed E-state index contributed by atoms with van der Waals surface area (Å²) in [5.41, 5.74) is 1.88. The zero-order valence-corrected chi connectivity index (χ0v) is 12.7.